The quantitative estimate of drug-likeness (QED) is 0.818. The maximum absolute atomic E-state index is 4.65. The molecule has 3 heteroatoms. The molecule has 0 atom stereocenters. The molecule has 0 aromatic carbocycles. The van der Waals surface area contributed by atoms with Gasteiger partial charge in [0.2, 0.25) is 0 Å². The van der Waals surface area contributed by atoms with Gasteiger partial charge in [-0.2, -0.15) is 0 Å². The second kappa shape index (κ2) is 4.59. The molecule has 0 radical (unpaired) electrons. The van der Waals surface area contributed by atoms with Crippen LogP contribution in [0.2, 0.25) is 0 Å². The van der Waals surface area contributed by atoms with Crippen molar-refractivity contribution in [2.24, 2.45) is 15.8 Å². The van der Waals surface area contributed by atoms with Gasteiger partial charge < -0.3 is 5.32 Å². The Morgan fingerprint density at radius 3 is 2.56 bits per heavy atom. The van der Waals surface area contributed by atoms with Crippen LogP contribution in [-0.4, -0.2) is 24.0 Å². The van der Waals surface area contributed by atoms with Crippen LogP contribution in [0.1, 0.15) is 46.5 Å². The largest absolute Gasteiger partial charge is 0.364 e. The van der Waals surface area contributed by atoms with Gasteiger partial charge >= 0.3 is 0 Å². The van der Waals surface area contributed by atoms with Crippen LogP contribution in [0.3, 0.4) is 0 Å². The first-order valence-corrected chi connectivity index (χ1v) is 7.45. The van der Waals surface area contributed by atoms with E-state index >= 15 is 0 Å². The van der Waals surface area contributed by atoms with Gasteiger partial charge in [-0.25, -0.2) is 0 Å². The van der Waals surface area contributed by atoms with Crippen molar-refractivity contribution in [3.8, 4) is 0 Å². The predicted octanol–water partition coefficient (Wildman–Crippen LogP) is 3.29. The predicted molar refractivity (Wildman–Crippen MR) is 73.1 cm³/mol. The molecule has 0 saturated heterocycles. The van der Waals surface area contributed by atoms with Crippen LogP contribution >= 0.6 is 11.8 Å². The van der Waals surface area contributed by atoms with E-state index in [4.69, 9.17) is 0 Å². The van der Waals surface area contributed by atoms with E-state index in [2.05, 4.69) is 31.1 Å². The van der Waals surface area contributed by atoms with Crippen molar-refractivity contribution in [1.29, 1.82) is 0 Å². The Morgan fingerprint density at radius 2 is 2.12 bits per heavy atom. The number of rotatable bonds is 3. The summed E-state index contributed by atoms with van der Waals surface area (Å²) in [6.07, 6.45) is 5.53. The van der Waals surface area contributed by atoms with Crippen LogP contribution < -0.4 is 5.32 Å². The normalized spacial score (nSPS) is 26.8. The highest BCUT2D eigenvalue weighted by molar-refractivity contribution is 8.13. The number of hydrogen-bond donors (Lipinski definition) is 1. The third-order valence-electron chi connectivity index (χ3n) is 4.03. The molecule has 0 bridgehead atoms. The number of hydrogen-bond acceptors (Lipinski definition) is 3. The molecular formula is C13H24N2S. The van der Waals surface area contributed by atoms with E-state index in [1.807, 2.05) is 11.8 Å². The van der Waals surface area contributed by atoms with Crippen molar-refractivity contribution in [3.63, 3.8) is 0 Å². The molecule has 16 heavy (non-hydrogen) atoms. The number of thioether (sulfide) groups is 1. The van der Waals surface area contributed by atoms with E-state index in [-0.39, 0.29) is 0 Å². The Labute approximate surface area is 104 Å². The number of amidine groups is 1. The molecule has 1 aliphatic carbocycles. The van der Waals surface area contributed by atoms with E-state index < -0.39 is 0 Å². The first-order valence-electron chi connectivity index (χ1n) is 6.46. The first-order chi connectivity index (χ1) is 7.55. The molecule has 0 unspecified atom stereocenters. The average Bonchev–Trinajstić information content (AvgIpc) is 2.19. The number of nitrogens with zero attached hydrogens (tertiary/aromatic N) is 1. The Kier molecular flexibility index (Phi) is 3.53. The average molecular weight is 240 g/mol. The number of aliphatic imine (C=N–C) groups is 1. The maximum atomic E-state index is 4.65. The third-order valence-corrected chi connectivity index (χ3v) is 5.50. The van der Waals surface area contributed by atoms with Gasteiger partial charge in [0.1, 0.15) is 0 Å². The minimum absolute atomic E-state index is 0.384. The zero-order valence-corrected chi connectivity index (χ0v) is 11.6. The Bertz CT molecular complexity index is 274. The van der Waals surface area contributed by atoms with Gasteiger partial charge in [-0.1, -0.05) is 39.0 Å². The fourth-order valence-electron chi connectivity index (χ4n) is 2.34. The first kappa shape index (κ1) is 12.3. The molecule has 1 N–H and O–H groups in total. The van der Waals surface area contributed by atoms with E-state index in [0.717, 1.165) is 13.1 Å². The molecule has 1 aliphatic heterocycles. The molecule has 92 valence electrons. The molecule has 1 heterocycles. The van der Waals surface area contributed by atoms with Gasteiger partial charge in [0, 0.05) is 18.8 Å². The van der Waals surface area contributed by atoms with E-state index in [9.17, 15) is 0 Å². The highest BCUT2D eigenvalue weighted by Gasteiger charge is 2.35. The van der Waals surface area contributed by atoms with Crippen LogP contribution in [0.5, 0.6) is 0 Å². The number of nitrogens with one attached hydrogen (secondary N) is 1. The smallest absolute Gasteiger partial charge is 0.156 e. The van der Waals surface area contributed by atoms with Gasteiger partial charge in [0.05, 0.1) is 0 Å². The van der Waals surface area contributed by atoms with Gasteiger partial charge in [-0.05, 0) is 30.1 Å². The molecule has 0 aromatic heterocycles. The lowest BCUT2D eigenvalue weighted by atomic mass is 9.67. The summed E-state index contributed by atoms with van der Waals surface area (Å²) in [5.74, 6) is 1.19. The standard InChI is InChI=1S/C13H24N2S/c1-4-13(6-5-7-13)9-15-11-14-8-12(2,3)10-16-11/h4-10H2,1-3H3,(H,14,15). The van der Waals surface area contributed by atoms with Crippen molar-refractivity contribution >= 4 is 16.9 Å². The zero-order chi connectivity index (χ0) is 11.6. The minimum Gasteiger partial charge on any atom is -0.364 e. The van der Waals surface area contributed by atoms with Crippen LogP contribution in [0.25, 0.3) is 0 Å². The Balaban J connectivity index is 1.81. The SMILES string of the molecule is CCC1(CNC2=NCC(C)(C)CS2)CCC1. The van der Waals surface area contributed by atoms with Crippen LogP contribution in [0, 0.1) is 10.8 Å². The second-order valence-corrected chi connectivity index (χ2v) is 7.10. The molecule has 1 fully saturated rings. The van der Waals surface area contributed by atoms with Crippen molar-refractivity contribution in [2.75, 3.05) is 18.8 Å². The molecule has 2 rings (SSSR count). The summed E-state index contributed by atoms with van der Waals surface area (Å²) in [6.45, 7) is 9.01. The zero-order valence-electron chi connectivity index (χ0n) is 10.8. The minimum atomic E-state index is 0.384. The lowest BCUT2D eigenvalue weighted by molar-refractivity contribution is 0.132. The second-order valence-electron chi connectivity index (χ2n) is 6.13. The van der Waals surface area contributed by atoms with Crippen molar-refractivity contribution in [1.82, 2.24) is 5.32 Å². The van der Waals surface area contributed by atoms with Crippen molar-refractivity contribution in [2.45, 2.75) is 46.5 Å². The Hall–Kier alpha value is -0.180. The van der Waals surface area contributed by atoms with Gasteiger partial charge in [0.25, 0.3) is 0 Å². The molecule has 2 aliphatic rings. The van der Waals surface area contributed by atoms with Gasteiger partial charge in [-0.3, -0.25) is 4.99 Å². The molecule has 0 amide bonds. The summed E-state index contributed by atoms with van der Waals surface area (Å²) in [6, 6.07) is 0. The summed E-state index contributed by atoms with van der Waals surface area (Å²) in [4.78, 5) is 4.65. The van der Waals surface area contributed by atoms with Crippen LogP contribution in [0.15, 0.2) is 4.99 Å². The summed E-state index contributed by atoms with van der Waals surface area (Å²) in [7, 11) is 0. The lowest BCUT2D eigenvalue weighted by Crippen LogP contribution is -2.42. The lowest BCUT2D eigenvalue weighted by Gasteiger charge is -2.42. The molecule has 2 nitrogen and oxygen atoms in total. The van der Waals surface area contributed by atoms with Gasteiger partial charge in [0.15, 0.2) is 5.17 Å². The van der Waals surface area contributed by atoms with E-state index in [0.29, 0.717) is 10.8 Å². The highest BCUT2D eigenvalue weighted by atomic mass is 32.2. The monoisotopic (exact) mass is 240 g/mol. The summed E-state index contributed by atoms with van der Waals surface area (Å²) in [5.41, 5.74) is 0.977. The molecule has 0 aromatic rings. The van der Waals surface area contributed by atoms with Crippen LogP contribution in [0.4, 0.5) is 0 Å². The molecule has 0 spiro atoms. The van der Waals surface area contributed by atoms with E-state index in [1.54, 1.807) is 0 Å². The van der Waals surface area contributed by atoms with Crippen molar-refractivity contribution in [3.05, 3.63) is 0 Å². The van der Waals surface area contributed by atoms with E-state index in [1.165, 1.54) is 36.6 Å². The third kappa shape index (κ3) is 2.73. The maximum Gasteiger partial charge on any atom is 0.156 e. The van der Waals surface area contributed by atoms with Crippen molar-refractivity contribution < 1.29 is 0 Å². The molecule has 1 saturated carbocycles. The summed E-state index contributed by atoms with van der Waals surface area (Å²) >= 11 is 1.89. The summed E-state index contributed by atoms with van der Waals surface area (Å²) in [5, 5.41) is 4.75. The Morgan fingerprint density at radius 1 is 1.38 bits per heavy atom. The van der Waals surface area contributed by atoms with Crippen LogP contribution in [-0.2, 0) is 0 Å². The fourth-order valence-corrected chi connectivity index (χ4v) is 3.29. The summed E-state index contributed by atoms with van der Waals surface area (Å²) < 4.78 is 0. The molecular weight excluding hydrogens is 216 g/mol. The highest BCUT2D eigenvalue weighted by Crippen LogP contribution is 2.43. The fraction of sp³-hybridized carbons (Fsp3) is 0.923. The van der Waals surface area contributed by atoms with Gasteiger partial charge in [-0.15, -0.1) is 0 Å². The topological polar surface area (TPSA) is 24.4 Å².